The number of benzene rings is 1. The highest BCUT2D eigenvalue weighted by molar-refractivity contribution is 5.81. The van der Waals surface area contributed by atoms with E-state index >= 15 is 0 Å². The van der Waals surface area contributed by atoms with E-state index in [1.165, 1.54) is 23.1 Å². The summed E-state index contributed by atoms with van der Waals surface area (Å²) in [5.41, 5.74) is -0.913. The fourth-order valence-electron chi connectivity index (χ4n) is 2.24. The molecular formula is C14H16F3N3O2. The highest BCUT2D eigenvalue weighted by Crippen LogP contribution is 2.34. The summed E-state index contributed by atoms with van der Waals surface area (Å²) >= 11 is 0. The minimum atomic E-state index is -4.47. The molecule has 8 heteroatoms. The van der Waals surface area contributed by atoms with E-state index in [1.807, 2.05) is 0 Å². The second kappa shape index (κ2) is 6.67. The molecule has 0 saturated carbocycles. The SMILES string of the molecule is O=CN1CCN(C(=O)CNc2ccccc2C(F)(F)F)CC1. The lowest BCUT2D eigenvalue weighted by Gasteiger charge is -2.32. The highest BCUT2D eigenvalue weighted by atomic mass is 19.4. The zero-order chi connectivity index (χ0) is 16.2. The Morgan fingerprint density at radius 3 is 2.41 bits per heavy atom. The summed E-state index contributed by atoms with van der Waals surface area (Å²) in [4.78, 5) is 25.7. The predicted molar refractivity (Wildman–Crippen MR) is 74.2 cm³/mol. The van der Waals surface area contributed by atoms with E-state index < -0.39 is 11.7 Å². The number of piperazine rings is 1. The van der Waals surface area contributed by atoms with Crippen molar-refractivity contribution in [3.63, 3.8) is 0 Å². The standard InChI is InChI=1S/C14H16F3N3O2/c15-14(16,17)11-3-1-2-4-12(11)18-9-13(22)20-7-5-19(10-21)6-8-20/h1-4,10,18H,5-9H2. The molecule has 1 heterocycles. The largest absolute Gasteiger partial charge is 0.418 e. The fourth-order valence-corrected chi connectivity index (χ4v) is 2.24. The Bertz CT molecular complexity index is 540. The van der Waals surface area contributed by atoms with Crippen LogP contribution in [0.2, 0.25) is 0 Å². The molecular weight excluding hydrogens is 299 g/mol. The van der Waals surface area contributed by atoms with Crippen molar-refractivity contribution in [1.82, 2.24) is 9.80 Å². The first kappa shape index (κ1) is 16.1. The third-order valence-corrected chi connectivity index (χ3v) is 3.48. The number of halogens is 3. The fraction of sp³-hybridized carbons (Fsp3) is 0.429. The Hall–Kier alpha value is -2.25. The number of para-hydroxylation sites is 1. The molecule has 2 amide bonds. The first-order chi connectivity index (χ1) is 10.4. The molecule has 1 saturated heterocycles. The van der Waals surface area contributed by atoms with Crippen molar-refractivity contribution in [3.8, 4) is 0 Å². The number of hydrogen-bond acceptors (Lipinski definition) is 3. The second-order valence-electron chi connectivity index (χ2n) is 4.92. The van der Waals surface area contributed by atoms with Gasteiger partial charge in [-0.05, 0) is 12.1 Å². The zero-order valence-corrected chi connectivity index (χ0v) is 11.8. The molecule has 0 aliphatic carbocycles. The second-order valence-corrected chi connectivity index (χ2v) is 4.92. The van der Waals surface area contributed by atoms with Gasteiger partial charge in [-0.2, -0.15) is 13.2 Å². The lowest BCUT2D eigenvalue weighted by atomic mass is 10.1. The van der Waals surface area contributed by atoms with Crippen molar-refractivity contribution >= 4 is 18.0 Å². The number of anilines is 1. The number of rotatable bonds is 4. The van der Waals surface area contributed by atoms with Crippen LogP contribution in [0.4, 0.5) is 18.9 Å². The summed E-state index contributed by atoms with van der Waals surface area (Å²) < 4.78 is 38.5. The lowest BCUT2D eigenvalue weighted by molar-refractivity contribution is -0.137. The highest BCUT2D eigenvalue weighted by Gasteiger charge is 2.33. The topological polar surface area (TPSA) is 52.7 Å². The maximum Gasteiger partial charge on any atom is 0.418 e. The van der Waals surface area contributed by atoms with Crippen LogP contribution in [0.25, 0.3) is 0 Å². The molecule has 1 aliphatic heterocycles. The maximum atomic E-state index is 12.8. The van der Waals surface area contributed by atoms with Gasteiger partial charge in [0, 0.05) is 31.9 Å². The van der Waals surface area contributed by atoms with E-state index in [-0.39, 0.29) is 18.1 Å². The van der Waals surface area contributed by atoms with Gasteiger partial charge < -0.3 is 15.1 Å². The van der Waals surface area contributed by atoms with Gasteiger partial charge in [0.2, 0.25) is 12.3 Å². The number of nitrogens with one attached hydrogen (secondary N) is 1. The van der Waals surface area contributed by atoms with Crippen molar-refractivity contribution in [1.29, 1.82) is 0 Å². The summed E-state index contributed by atoms with van der Waals surface area (Å²) in [6.07, 6.45) is -3.75. The van der Waals surface area contributed by atoms with Crippen molar-refractivity contribution in [2.75, 3.05) is 38.0 Å². The Kier molecular flexibility index (Phi) is 4.89. The smallest absolute Gasteiger partial charge is 0.376 e. The number of nitrogens with zero attached hydrogens (tertiary/aromatic N) is 2. The third-order valence-electron chi connectivity index (χ3n) is 3.48. The maximum absolute atomic E-state index is 12.8. The van der Waals surface area contributed by atoms with Crippen molar-refractivity contribution < 1.29 is 22.8 Å². The van der Waals surface area contributed by atoms with Crippen LogP contribution >= 0.6 is 0 Å². The molecule has 1 N–H and O–H groups in total. The molecule has 0 unspecified atom stereocenters. The monoisotopic (exact) mass is 315 g/mol. The molecule has 0 bridgehead atoms. The van der Waals surface area contributed by atoms with E-state index in [9.17, 15) is 22.8 Å². The van der Waals surface area contributed by atoms with Crippen molar-refractivity contribution in [3.05, 3.63) is 29.8 Å². The molecule has 120 valence electrons. The summed E-state index contributed by atoms with van der Waals surface area (Å²) in [6, 6.07) is 5.04. The van der Waals surface area contributed by atoms with Gasteiger partial charge in [0.15, 0.2) is 0 Å². The quantitative estimate of drug-likeness (QED) is 0.855. The molecule has 1 aliphatic rings. The first-order valence-electron chi connectivity index (χ1n) is 6.79. The van der Waals surface area contributed by atoms with Gasteiger partial charge in [-0.3, -0.25) is 9.59 Å². The van der Waals surface area contributed by atoms with Gasteiger partial charge in [-0.15, -0.1) is 0 Å². The average molecular weight is 315 g/mol. The number of amides is 2. The van der Waals surface area contributed by atoms with Crippen LogP contribution < -0.4 is 5.32 Å². The molecule has 2 rings (SSSR count). The number of hydrogen-bond donors (Lipinski definition) is 1. The van der Waals surface area contributed by atoms with Crippen LogP contribution in [0.15, 0.2) is 24.3 Å². The zero-order valence-electron chi connectivity index (χ0n) is 11.8. The summed E-state index contributed by atoms with van der Waals surface area (Å²) in [5, 5.41) is 2.55. The minimum absolute atomic E-state index is 0.116. The molecule has 1 aromatic carbocycles. The van der Waals surface area contributed by atoms with Gasteiger partial charge >= 0.3 is 6.18 Å². The van der Waals surface area contributed by atoms with E-state index in [4.69, 9.17) is 0 Å². The molecule has 22 heavy (non-hydrogen) atoms. The van der Waals surface area contributed by atoms with Crippen LogP contribution in [0, 0.1) is 0 Å². The lowest BCUT2D eigenvalue weighted by Crippen LogP contribution is -2.49. The molecule has 0 aromatic heterocycles. The Balaban J connectivity index is 1.94. The molecule has 0 radical (unpaired) electrons. The summed E-state index contributed by atoms with van der Waals surface area (Å²) in [6.45, 7) is 1.44. The molecule has 5 nitrogen and oxygen atoms in total. The summed E-state index contributed by atoms with van der Waals surface area (Å²) in [5.74, 6) is -0.289. The molecule has 1 fully saturated rings. The normalized spacial score (nSPS) is 15.6. The predicted octanol–water partition coefficient (Wildman–Crippen LogP) is 1.42. The van der Waals surface area contributed by atoms with Gasteiger partial charge in [-0.25, -0.2) is 0 Å². The Morgan fingerprint density at radius 1 is 1.18 bits per heavy atom. The Morgan fingerprint density at radius 2 is 1.82 bits per heavy atom. The van der Waals surface area contributed by atoms with Gasteiger partial charge in [0.05, 0.1) is 12.1 Å². The van der Waals surface area contributed by atoms with Crippen molar-refractivity contribution in [2.45, 2.75) is 6.18 Å². The van der Waals surface area contributed by atoms with Crippen LogP contribution in [0.1, 0.15) is 5.56 Å². The van der Waals surface area contributed by atoms with E-state index in [0.717, 1.165) is 12.5 Å². The number of carbonyl (C=O) groups is 2. The minimum Gasteiger partial charge on any atom is -0.376 e. The number of carbonyl (C=O) groups excluding carboxylic acids is 2. The van der Waals surface area contributed by atoms with Crippen LogP contribution in [0.3, 0.4) is 0 Å². The van der Waals surface area contributed by atoms with Crippen LogP contribution in [-0.2, 0) is 15.8 Å². The van der Waals surface area contributed by atoms with E-state index in [2.05, 4.69) is 5.32 Å². The van der Waals surface area contributed by atoms with Crippen molar-refractivity contribution in [2.24, 2.45) is 0 Å². The number of alkyl halides is 3. The molecule has 0 atom stereocenters. The van der Waals surface area contributed by atoms with E-state index in [1.54, 1.807) is 4.90 Å². The van der Waals surface area contributed by atoms with Crippen LogP contribution in [-0.4, -0.2) is 54.8 Å². The molecule has 1 aromatic rings. The summed E-state index contributed by atoms with van der Waals surface area (Å²) in [7, 11) is 0. The van der Waals surface area contributed by atoms with Crippen LogP contribution in [0.5, 0.6) is 0 Å². The first-order valence-corrected chi connectivity index (χ1v) is 6.79. The van der Waals surface area contributed by atoms with Gasteiger partial charge in [0.25, 0.3) is 0 Å². The molecule has 0 spiro atoms. The van der Waals surface area contributed by atoms with Gasteiger partial charge in [0.1, 0.15) is 0 Å². The third kappa shape index (κ3) is 3.90. The van der Waals surface area contributed by atoms with E-state index in [0.29, 0.717) is 26.2 Å². The van der Waals surface area contributed by atoms with Gasteiger partial charge in [-0.1, -0.05) is 12.1 Å². The average Bonchev–Trinajstić information content (AvgIpc) is 2.52. The Labute approximate surface area is 125 Å².